The fourth-order valence-corrected chi connectivity index (χ4v) is 1.98. The number of carbonyl (C=O) groups is 2. The Kier molecular flexibility index (Phi) is 6.38. The molecule has 1 unspecified atom stereocenters. The third kappa shape index (κ3) is 5.13. The molecule has 0 saturated carbocycles. The fourth-order valence-electron chi connectivity index (χ4n) is 1.59. The summed E-state index contributed by atoms with van der Waals surface area (Å²) in [5.41, 5.74) is 0.470. The molecule has 0 spiro atoms. The molecular weight excluding hydrogens is 329 g/mol. The maximum absolute atomic E-state index is 13.1. The summed E-state index contributed by atoms with van der Waals surface area (Å²) in [5, 5.41) is 11.4. The zero-order chi connectivity index (χ0) is 15.1. The van der Waals surface area contributed by atoms with E-state index in [-0.39, 0.29) is 12.8 Å². The molecule has 1 amide bonds. The first kappa shape index (κ1) is 16.4. The number of carboxylic acids is 1. The topological polar surface area (TPSA) is 66.4 Å². The van der Waals surface area contributed by atoms with E-state index in [1.54, 1.807) is 19.1 Å². The zero-order valence-electron chi connectivity index (χ0n) is 10.9. The Morgan fingerprint density at radius 2 is 2.20 bits per heavy atom. The molecule has 4 nitrogen and oxygen atoms in total. The molecule has 0 heterocycles. The van der Waals surface area contributed by atoms with Crippen molar-refractivity contribution >= 4 is 27.8 Å². The molecule has 6 heteroatoms. The highest BCUT2D eigenvalue weighted by Gasteiger charge is 2.19. The number of amides is 1. The number of nitrogens with one attached hydrogen (secondary N) is 1. The lowest BCUT2D eigenvalue weighted by Gasteiger charge is -2.13. The van der Waals surface area contributed by atoms with Crippen molar-refractivity contribution in [2.75, 3.05) is 0 Å². The molecule has 0 aromatic heterocycles. The summed E-state index contributed by atoms with van der Waals surface area (Å²) in [6.07, 6.45) is 3.50. The van der Waals surface area contributed by atoms with Gasteiger partial charge in [0.15, 0.2) is 0 Å². The maximum atomic E-state index is 13.1. The summed E-state index contributed by atoms with van der Waals surface area (Å²) in [6, 6.07) is 3.04. The van der Waals surface area contributed by atoms with E-state index < -0.39 is 23.7 Å². The summed E-state index contributed by atoms with van der Waals surface area (Å²) < 4.78 is 13.7. The van der Waals surface area contributed by atoms with E-state index in [9.17, 15) is 14.0 Å². The summed E-state index contributed by atoms with van der Waals surface area (Å²) >= 11 is 3.22. The predicted octanol–water partition coefficient (Wildman–Crippen LogP) is 2.67. The van der Waals surface area contributed by atoms with Crippen molar-refractivity contribution in [2.24, 2.45) is 0 Å². The van der Waals surface area contributed by atoms with Crippen LogP contribution in [0.1, 0.15) is 18.9 Å². The van der Waals surface area contributed by atoms with Crippen LogP contribution in [0, 0.1) is 5.82 Å². The Labute approximate surface area is 124 Å². The van der Waals surface area contributed by atoms with Crippen LogP contribution in [0.3, 0.4) is 0 Å². The number of hydrogen-bond donors (Lipinski definition) is 2. The van der Waals surface area contributed by atoms with E-state index in [4.69, 9.17) is 5.11 Å². The van der Waals surface area contributed by atoms with Crippen LogP contribution in [-0.4, -0.2) is 23.0 Å². The number of rotatable bonds is 6. The van der Waals surface area contributed by atoms with Gasteiger partial charge in [-0.05, 0) is 37.1 Å². The standard InChI is InChI=1S/C14H15BrFNO3/c1-2-3-4-12(14(19)20)17-13(18)8-9-7-10(16)5-6-11(9)15/h2-3,5-7,12H,4,8H2,1H3,(H,17,18)(H,19,20)/b3-2+. The third-order valence-electron chi connectivity index (χ3n) is 2.60. The first-order valence-electron chi connectivity index (χ1n) is 6.01. The summed E-state index contributed by atoms with van der Waals surface area (Å²) in [4.78, 5) is 22.8. The van der Waals surface area contributed by atoms with Crippen LogP contribution in [0.5, 0.6) is 0 Å². The van der Waals surface area contributed by atoms with Gasteiger partial charge in [0, 0.05) is 4.47 Å². The molecule has 0 radical (unpaired) electrons. The van der Waals surface area contributed by atoms with E-state index in [0.29, 0.717) is 10.0 Å². The van der Waals surface area contributed by atoms with Crippen molar-refractivity contribution in [1.82, 2.24) is 5.32 Å². The Hall–Kier alpha value is -1.69. The van der Waals surface area contributed by atoms with E-state index in [2.05, 4.69) is 21.2 Å². The van der Waals surface area contributed by atoms with Gasteiger partial charge in [-0.15, -0.1) is 0 Å². The van der Waals surface area contributed by atoms with Gasteiger partial charge in [0.25, 0.3) is 0 Å². The van der Waals surface area contributed by atoms with Crippen molar-refractivity contribution in [3.05, 3.63) is 46.2 Å². The second-order valence-corrected chi connectivity index (χ2v) is 5.03. The minimum atomic E-state index is -1.10. The van der Waals surface area contributed by atoms with Gasteiger partial charge in [-0.3, -0.25) is 4.79 Å². The molecule has 108 valence electrons. The Morgan fingerprint density at radius 3 is 2.80 bits per heavy atom. The van der Waals surface area contributed by atoms with Crippen LogP contribution in [0.15, 0.2) is 34.8 Å². The average Bonchev–Trinajstić information content (AvgIpc) is 2.38. The van der Waals surface area contributed by atoms with Crippen LogP contribution >= 0.6 is 15.9 Å². The second-order valence-electron chi connectivity index (χ2n) is 4.18. The molecule has 0 aliphatic rings. The van der Waals surface area contributed by atoms with Gasteiger partial charge in [0.2, 0.25) is 5.91 Å². The van der Waals surface area contributed by atoms with Gasteiger partial charge in [-0.2, -0.15) is 0 Å². The maximum Gasteiger partial charge on any atom is 0.326 e. The molecule has 0 aliphatic carbocycles. The highest BCUT2D eigenvalue weighted by Crippen LogP contribution is 2.18. The van der Waals surface area contributed by atoms with Gasteiger partial charge in [-0.1, -0.05) is 28.1 Å². The zero-order valence-corrected chi connectivity index (χ0v) is 12.5. The van der Waals surface area contributed by atoms with E-state index in [0.717, 1.165) is 0 Å². The van der Waals surface area contributed by atoms with Gasteiger partial charge < -0.3 is 10.4 Å². The molecule has 1 atom stereocenters. The second kappa shape index (κ2) is 7.79. The lowest BCUT2D eigenvalue weighted by atomic mass is 10.1. The Morgan fingerprint density at radius 1 is 1.50 bits per heavy atom. The number of allylic oxidation sites excluding steroid dienone is 1. The lowest BCUT2D eigenvalue weighted by molar-refractivity contribution is -0.141. The van der Waals surface area contributed by atoms with Crippen LogP contribution < -0.4 is 5.32 Å². The molecule has 1 rings (SSSR count). The van der Waals surface area contributed by atoms with Crippen molar-refractivity contribution in [1.29, 1.82) is 0 Å². The highest BCUT2D eigenvalue weighted by atomic mass is 79.9. The number of carbonyl (C=O) groups excluding carboxylic acids is 1. The normalized spacial score (nSPS) is 12.3. The minimum absolute atomic E-state index is 0.0854. The molecule has 2 N–H and O–H groups in total. The monoisotopic (exact) mass is 343 g/mol. The van der Waals surface area contributed by atoms with E-state index in [1.807, 2.05) is 0 Å². The van der Waals surface area contributed by atoms with E-state index >= 15 is 0 Å². The van der Waals surface area contributed by atoms with Gasteiger partial charge in [0.1, 0.15) is 11.9 Å². The molecule has 0 aliphatic heterocycles. The van der Waals surface area contributed by atoms with Crippen molar-refractivity contribution in [3.63, 3.8) is 0 Å². The SMILES string of the molecule is C/C=C/CC(NC(=O)Cc1cc(F)ccc1Br)C(=O)O. The van der Waals surface area contributed by atoms with Crippen molar-refractivity contribution in [3.8, 4) is 0 Å². The van der Waals surface area contributed by atoms with Crippen LogP contribution in [-0.2, 0) is 16.0 Å². The Balaban J connectivity index is 2.70. The number of halogens is 2. The first-order chi connectivity index (χ1) is 9.43. The molecule has 0 bridgehead atoms. The molecule has 1 aromatic carbocycles. The molecule has 0 fully saturated rings. The van der Waals surface area contributed by atoms with E-state index in [1.165, 1.54) is 18.2 Å². The summed E-state index contributed by atoms with van der Waals surface area (Å²) in [5.74, 6) is -2.01. The van der Waals surface area contributed by atoms with Crippen LogP contribution in [0.25, 0.3) is 0 Å². The molecule has 0 saturated heterocycles. The average molecular weight is 344 g/mol. The van der Waals surface area contributed by atoms with Gasteiger partial charge in [-0.25, -0.2) is 9.18 Å². The number of aliphatic carboxylic acids is 1. The Bertz CT molecular complexity index is 531. The minimum Gasteiger partial charge on any atom is -0.480 e. The van der Waals surface area contributed by atoms with Gasteiger partial charge >= 0.3 is 5.97 Å². The first-order valence-corrected chi connectivity index (χ1v) is 6.80. The quantitative estimate of drug-likeness (QED) is 0.780. The van der Waals surface area contributed by atoms with Crippen LogP contribution in [0.4, 0.5) is 4.39 Å². The van der Waals surface area contributed by atoms with Crippen molar-refractivity contribution < 1.29 is 19.1 Å². The largest absolute Gasteiger partial charge is 0.480 e. The number of carboxylic acid groups (broad SMARTS) is 1. The predicted molar refractivity (Wildman–Crippen MR) is 76.8 cm³/mol. The third-order valence-corrected chi connectivity index (χ3v) is 3.37. The molecular formula is C14H15BrFNO3. The summed E-state index contributed by atoms with van der Waals surface area (Å²) in [7, 11) is 0. The van der Waals surface area contributed by atoms with Gasteiger partial charge in [0.05, 0.1) is 6.42 Å². The van der Waals surface area contributed by atoms with Crippen LogP contribution in [0.2, 0.25) is 0 Å². The fraction of sp³-hybridized carbons (Fsp3) is 0.286. The smallest absolute Gasteiger partial charge is 0.326 e. The lowest BCUT2D eigenvalue weighted by Crippen LogP contribution is -2.41. The van der Waals surface area contributed by atoms with Crippen molar-refractivity contribution in [2.45, 2.75) is 25.8 Å². The number of benzene rings is 1. The number of hydrogen-bond acceptors (Lipinski definition) is 2. The molecule has 1 aromatic rings. The molecule has 20 heavy (non-hydrogen) atoms. The highest BCUT2D eigenvalue weighted by molar-refractivity contribution is 9.10. The summed E-state index contributed by atoms with van der Waals surface area (Å²) in [6.45, 7) is 1.77.